The number of esters is 1. The molecule has 0 aromatic rings. The Morgan fingerprint density at radius 1 is 1.20 bits per heavy atom. The van der Waals surface area contributed by atoms with Gasteiger partial charge in [0.2, 0.25) is 0 Å². The fourth-order valence-electron chi connectivity index (χ4n) is 3.02. The van der Waals surface area contributed by atoms with E-state index in [9.17, 15) is 19.8 Å². The molecule has 0 aromatic heterocycles. The molecule has 2 rings (SSSR count). The Morgan fingerprint density at radius 2 is 1.80 bits per heavy atom. The molecule has 1 aliphatic heterocycles. The van der Waals surface area contributed by atoms with Crippen molar-refractivity contribution in [3.05, 3.63) is 0 Å². The summed E-state index contributed by atoms with van der Waals surface area (Å²) in [5, 5.41) is 19.8. The molecule has 0 aromatic carbocycles. The van der Waals surface area contributed by atoms with Crippen molar-refractivity contribution in [2.45, 2.75) is 57.1 Å². The fourth-order valence-corrected chi connectivity index (χ4v) is 3.02. The van der Waals surface area contributed by atoms with Crippen LogP contribution in [0.5, 0.6) is 0 Å². The average molecular weight is 287 g/mol. The van der Waals surface area contributed by atoms with Gasteiger partial charge in [-0.25, -0.2) is 9.59 Å². The van der Waals surface area contributed by atoms with Crippen LogP contribution in [0.25, 0.3) is 0 Å². The summed E-state index contributed by atoms with van der Waals surface area (Å²) >= 11 is 0. The number of carbonyl (C=O) groups is 2. The summed E-state index contributed by atoms with van der Waals surface area (Å²) in [4.78, 5) is 25.3. The average Bonchev–Trinajstić information content (AvgIpc) is 2.84. The number of aliphatic hydroxyl groups excluding tert-OH is 2. The highest BCUT2D eigenvalue weighted by molar-refractivity contribution is 5.83. The number of amides is 1. The third-order valence-corrected chi connectivity index (χ3v) is 3.81. The van der Waals surface area contributed by atoms with Crippen molar-refractivity contribution in [1.29, 1.82) is 0 Å². The zero-order valence-electron chi connectivity index (χ0n) is 12.1. The van der Waals surface area contributed by atoms with E-state index in [0.29, 0.717) is 6.42 Å². The van der Waals surface area contributed by atoms with Crippen molar-refractivity contribution in [2.75, 3.05) is 7.11 Å². The predicted molar refractivity (Wildman–Crippen MR) is 67.8 cm³/mol. The first-order chi connectivity index (χ1) is 9.17. The topological polar surface area (TPSA) is 96.3 Å². The molecule has 1 saturated carbocycles. The number of ether oxygens (including phenoxy) is 2. The van der Waals surface area contributed by atoms with Gasteiger partial charge in [-0.05, 0) is 27.2 Å². The van der Waals surface area contributed by atoms with Crippen LogP contribution in [-0.4, -0.2) is 64.2 Å². The number of nitrogens with zero attached hydrogens (tertiary/aromatic N) is 1. The monoisotopic (exact) mass is 287 g/mol. The van der Waals surface area contributed by atoms with E-state index in [4.69, 9.17) is 9.47 Å². The first kappa shape index (κ1) is 15.1. The van der Waals surface area contributed by atoms with E-state index in [-0.39, 0.29) is 0 Å². The number of fused-ring (bicyclic) bond motifs is 2. The standard InChI is InChI=1S/C13H21NO6/c1-13(2,3)20-12(18)14-7-5-6(9(15)10(7)16)8(14)11(17)19-4/h6-10,15-16H,5H2,1-4H3/t6-,7-,8-,9-,10+/m1/s1. The summed E-state index contributed by atoms with van der Waals surface area (Å²) in [6.45, 7) is 5.16. The molecule has 1 saturated heterocycles. The molecule has 0 spiro atoms. The molecule has 1 aliphatic carbocycles. The Balaban J connectivity index is 2.25. The van der Waals surface area contributed by atoms with E-state index in [1.165, 1.54) is 12.0 Å². The van der Waals surface area contributed by atoms with Crippen LogP contribution in [0.15, 0.2) is 0 Å². The molecule has 0 unspecified atom stereocenters. The van der Waals surface area contributed by atoms with E-state index in [0.717, 1.165) is 0 Å². The van der Waals surface area contributed by atoms with Crippen LogP contribution in [0.3, 0.4) is 0 Å². The molecule has 2 aliphatic rings. The Labute approximate surface area is 117 Å². The normalized spacial score (nSPS) is 36.1. The van der Waals surface area contributed by atoms with Gasteiger partial charge in [-0.2, -0.15) is 0 Å². The van der Waals surface area contributed by atoms with Gasteiger partial charge in [0.05, 0.1) is 19.3 Å². The first-order valence-corrected chi connectivity index (χ1v) is 6.62. The lowest BCUT2D eigenvalue weighted by Gasteiger charge is -2.38. The number of rotatable bonds is 1. The van der Waals surface area contributed by atoms with E-state index >= 15 is 0 Å². The van der Waals surface area contributed by atoms with Crippen LogP contribution in [0, 0.1) is 5.92 Å². The SMILES string of the molecule is COC(=O)[C@H]1[C@H]2C[C@H]([C@H](O)[C@@H]2O)N1C(=O)OC(C)(C)C. The second-order valence-electron chi connectivity index (χ2n) is 6.30. The molecule has 2 fully saturated rings. The lowest BCUT2D eigenvalue weighted by molar-refractivity contribution is -0.154. The summed E-state index contributed by atoms with van der Waals surface area (Å²) < 4.78 is 9.97. The van der Waals surface area contributed by atoms with Gasteiger partial charge in [0.25, 0.3) is 0 Å². The number of hydrogen-bond donors (Lipinski definition) is 2. The van der Waals surface area contributed by atoms with Crippen molar-refractivity contribution in [3.8, 4) is 0 Å². The molecular weight excluding hydrogens is 266 g/mol. The first-order valence-electron chi connectivity index (χ1n) is 6.62. The smallest absolute Gasteiger partial charge is 0.411 e. The highest BCUT2D eigenvalue weighted by Crippen LogP contribution is 2.43. The van der Waals surface area contributed by atoms with Crippen molar-refractivity contribution in [3.63, 3.8) is 0 Å². The zero-order valence-corrected chi connectivity index (χ0v) is 12.1. The Bertz CT molecular complexity index is 418. The quantitative estimate of drug-likeness (QED) is 0.653. The Hall–Kier alpha value is -1.34. The van der Waals surface area contributed by atoms with E-state index in [1.807, 2.05) is 0 Å². The van der Waals surface area contributed by atoms with Gasteiger partial charge >= 0.3 is 12.1 Å². The number of likely N-dealkylation sites (tertiary alicyclic amines) is 1. The minimum Gasteiger partial charge on any atom is -0.467 e. The molecule has 2 N–H and O–H groups in total. The second-order valence-corrected chi connectivity index (χ2v) is 6.30. The Kier molecular flexibility index (Phi) is 3.68. The van der Waals surface area contributed by atoms with Gasteiger partial charge in [0.15, 0.2) is 0 Å². The van der Waals surface area contributed by atoms with Crippen LogP contribution in [0.2, 0.25) is 0 Å². The minimum absolute atomic E-state index is 0.362. The van der Waals surface area contributed by atoms with Crippen LogP contribution in [-0.2, 0) is 14.3 Å². The van der Waals surface area contributed by atoms with Crippen molar-refractivity contribution in [2.24, 2.45) is 5.92 Å². The summed E-state index contributed by atoms with van der Waals surface area (Å²) in [7, 11) is 1.23. The number of hydrogen-bond acceptors (Lipinski definition) is 6. The van der Waals surface area contributed by atoms with Gasteiger partial charge in [0.1, 0.15) is 17.7 Å². The van der Waals surface area contributed by atoms with Crippen LogP contribution < -0.4 is 0 Å². The van der Waals surface area contributed by atoms with E-state index in [1.54, 1.807) is 20.8 Å². The molecule has 7 nitrogen and oxygen atoms in total. The summed E-state index contributed by atoms with van der Waals surface area (Å²) in [5.41, 5.74) is -0.705. The molecule has 20 heavy (non-hydrogen) atoms. The highest BCUT2D eigenvalue weighted by Gasteiger charge is 2.61. The number of piperidine rings is 1. The fraction of sp³-hybridized carbons (Fsp3) is 0.846. The molecule has 5 atom stereocenters. The maximum absolute atomic E-state index is 12.2. The summed E-state index contributed by atoms with van der Waals surface area (Å²) in [5.74, 6) is -1.12. The number of carbonyl (C=O) groups excluding carboxylic acids is 2. The Morgan fingerprint density at radius 3 is 2.30 bits per heavy atom. The minimum atomic E-state index is -1.06. The molecular formula is C13H21NO6. The zero-order chi connectivity index (χ0) is 15.2. The molecule has 2 bridgehead atoms. The van der Waals surface area contributed by atoms with E-state index in [2.05, 4.69) is 0 Å². The third-order valence-electron chi connectivity index (χ3n) is 3.81. The highest BCUT2D eigenvalue weighted by atomic mass is 16.6. The van der Waals surface area contributed by atoms with Gasteiger partial charge < -0.3 is 19.7 Å². The van der Waals surface area contributed by atoms with Gasteiger partial charge in [-0.3, -0.25) is 4.90 Å². The molecule has 0 radical (unpaired) electrons. The lowest BCUT2D eigenvalue weighted by atomic mass is 9.95. The lowest BCUT2D eigenvalue weighted by Crippen LogP contribution is -2.59. The summed E-state index contributed by atoms with van der Waals surface area (Å²) in [6.07, 6.45) is -2.40. The second kappa shape index (κ2) is 4.89. The van der Waals surface area contributed by atoms with Gasteiger partial charge in [0, 0.05) is 5.92 Å². The van der Waals surface area contributed by atoms with Crippen molar-refractivity contribution < 1.29 is 29.3 Å². The molecule has 1 amide bonds. The van der Waals surface area contributed by atoms with Crippen molar-refractivity contribution in [1.82, 2.24) is 4.90 Å². The summed E-state index contributed by atoms with van der Waals surface area (Å²) in [6, 6.07) is -1.52. The molecule has 1 heterocycles. The van der Waals surface area contributed by atoms with Gasteiger partial charge in [-0.15, -0.1) is 0 Å². The van der Waals surface area contributed by atoms with Crippen LogP contribution in [0.4, 0.5) is 4.79 Å². The number of aliphatic hydroxyl groups is 2. The van der Waals surface area contributed by atoms with Crippen LogP contribution in [0.1, 0.15) is 27.2 Å². The molecule has 114 valence electrons. The van der Waals surface area contributed by atoms with Crippen LogP contribution >= 0.6 is 0 Å². The largest absolute Gasteiger partial charge is 0.467 e. The third kappa shape index (κ3) is 2.35. The molecule has 7 heteroatoms. The van der Waals surface area contributed by atoms with E-state index < -0.39 is 47.9 Å². The number of methoxy groups -OCH3 is 1. The van der Waals surface area contributed by atoms with Gasteiger partial charge in [-0.1, -0.05) is 0 Å². The maximum atomic E-state index is 12.2. The predicted octanol–water partition coefficient (Wildman–Crippen LogP) is -0.111. The maximum Gasteiger partial charge on any atom is 0.411 e. The van der Waals surface area contributed by atoms with Crippen molar-refractivity contribution >= 4 is 12.1 Å².